The van der Waals surface area contributed by atoms with Gasteiger partial charge in [0, 0.05) is 27.5 Å². The third kappa shape index (κ3) is 3.13. The molecule has 0 bridgehead atoms. The Morgan fingerprint density at radius 1 is 1.14 bits per heavy atom. The Kier molecular flexibility index (Phi) is 4.29. The summed E-state index contributed by atoms with van der Waals surface area (Å²) in [6, 6.07) is 17.2. The number of aryl methyl sites for hydroxylation is 1. The largest absolute Gasteiger partial charge is 0.305 e. The van der Waals surface area contributed by atoms with Crippen LogP contribution < -0.4 is 5.32 Å². The molecule has 3 rings (SSSR count). The molecule has 3 aromatic rings. The fourth-order valence-electron chi connectivity index (χ4n) is 2.48. The van der Waals surface area contributed by atoms with Crippen LogP contribution in [0.1, 0.15) is 29.0 Å². The zero-order valence-corrected chi connectivity index (χ0v) is 13.8. The number of fused-ring (bicyclic) bond motifs is 1. The smallest absolute Gasteiger partial charge is 0.0636 e. The zero-order chi connectivity index (χ0) is 14.8. The molecule has 0 saturated carbocycles. The average Bonchev–Trinajstić information content (AvgIpc) is 2.82. The number of hydrogen-bond acceptors (Lipinski definition) is 2. The molecular weight excluding hydrogens is 298 g/mol. The van der Waals surface area contributed by atoms with Crippen LogP contribution in [0.3, 0.4) is 0 Å². The summed E-state index contributed by atoms with van der Waals surface area (Å²) in [5, 5.41) is 5.62. The van der Waals surface area contributed by atoms with Crippen molar-refractivity contribution < 1.29 is 0 Å². The molecule has 1 heterocycles. The lowest BCUT2D eigenvalue weighted by Gasteiger charge is -2.14. The lowest BCUT2D eigenvalue weighted by molar-refractivity contribution is 0.579. The molecule has 0 radical (unpaired) electrons. The SMILES string of the molecule is Cc1cccc([C@H](C)NCc2sc3ccccc3c2Cl)c1. The molecule has 0 amide bonds. The van der Waals surface area contributed by atoms with Gasteiger partial charge in [-0.2, -0.15) is 0 Å². The molecule has 1 N–H and O–H groups in total. The van der Waals surface area contributed by atoms with E-state index >= 15 is 0 Å². The van der Waals surface area contributed by atoms with Gasteiger partial charge in [0.05, 0.1) is 5.02 Å². The first kappa shape index (κ1) is 14.6. The summed E-state index contributed by atoms with van der Waals surface area (Å²) in [6.45, 7) is 5.11. The standard InChI is InChI=1S/C18H18ClNS/c1-12-6-5-7-14(10-12)13(2)20-11-17-18(19)15-8-3-4-9-16(15)21-17/h3-10,13,20H,11H2,1-2H3/t13-/m0/s1. The van der Waals surface area contributed by atoms with Crippen LogP contribution in [0.4, 0.5) is 0 Å². The summed E-state index contributed by atoms with van der Waals surface area (Å²) in [6.07, 6.45) is 0. The van der Waals surface area contributed by atoms with Gasteiger partial charge >= 0.3 is 0 Å². The van der Waals surface area contributed by atoms with Crippen LogP contribution in [-0.4, -0.2) is 0 Å². The fourth-order valence-corrected chi connectivity index (χ4v) is 3.93. The van der Waals surface area contributed by atoms with Crippen molar-refractivity contribution in [2.75, 3.05) is 0 Å². The van der Waals surface area contributed by atoms with Gasteiger partial charge in [-0.1, -0.05) is 59.6 Å². The molecule has 0 fully saturated rings. The highest BCUT2D eigenvalue weighted by Crippen LogP contribution is 2.35. The molecule has 1 atom stereocenters. The second-order valence-corrected chi connectivity index (χ2v) is 6.87. The first-order chi connectivity index (χ1) is 10.1. The maximum absolute atomic E-state index is 6.48. The van der Waals surface area contributed by atoms with E-state index in [9.17, 15) is 0 Å². The number of halogens is 1. The topological polar surface area (TPSA) is 12.0 Å². The Labute approximate surface area is 134 Å². The minimum Gasteiger partial charge on any atom is -0.305 e. The van der Waals surface area contributed by atoms with E-state index in [0.717, 1.165) is 17.0 Å². The van der Waals surface area contributed by atoms with Gasteiger partial charge in [-0.3, -0.25) is 0 Å². The van der Waals surface area contributed by atoms with Gasteiger partial charge in [-0.15, -0.1) is 11.3 Å². The first-order valence-electron chi connectivity index (χ1n) is 7.11. The van der Waals surface area contributed by atoms with E-state index in [1.807, 2.05) is 6.07 Å². The summed E-state index contributed by atoms with van der Waals surface area (Å²) >= 11 is 8.25. The van der Waals surface area contributed by atoms with Gasteiger partial charge in [0.1, 0.15) is 0 Å². The van der Waals surface area contributed by atoms with Crippen molar-refractivity contribution >= 4 is 33.0 Å². The molecule has 3 heteroatoms. The number of hydrogen-bond donors (Lipinski definition) is 1. The number of rotatable bonds is 4. The monoisotopic (exact) mass is 315 g/mol. The van der Waals surface area contributed by atoms with Crippen LogP contribution in [0.2, 0.25) is 5.02 Å². The molecule has 0 saturated heterocycles. The van der Waals surface area contributed by atoms with E-state index < -0.39 is 0 Å². The van der Waals surface area contributed by atoms with E-state index in [1.165, 1.54) is 20.7 Å². The van der Waals surface area contributed by atoms with Gasteiger partial charge in [-0.25, -0.2) is 0 Å². The van der Waals surface area contributed by atoms with Gasteiger partial charge in [0.25, 0.3) is 0 Å². The Balaban J connectivity index is 1.75. The van der Waals surface area contributed by atoms with E-state index in [-0.39, 0.29) is 0 Å². The third-order valence-corrected chi connectivity index (χ3v) is 5.43. The predicted molar refractivity (Wildman–Crippen MR) is 93.3 cm³/mol. The first-order valence-corrected chi connectivity index (χ1v) is 8.30. The minimum atomic E-state index is 0.311. The lowest BCUT2D eigenvalue weighted by Crippen LogP contribution is -2.17. The van der Waals surface area contributed by atoms with Crippen LogP contribution in [0, 0.1) is 6.92 Å². The van der Waals surface area contributed by atoms with Crippen LogP contribution in [0.5, 0.6) is 0 Å². The second-order valence-electron chi connectivity index (χ2n) is 5.35. The summed E-state index contributed by atoms with van der Waals surface area (Å²) in [5.41, 5.74) is 2.60. The average molecular weight is 316 g/mol. The van der Waals surface area contributed by atoms with E-state index in [1.54, 1.807) is 11.3 Å². The Morgan fingerprint density at radius 3 is 2.71 bits per heavy atom. The molecule has 0 aliphatic heterocycles. The Morgan fingerprint density at radius 2 is 1.95 bits per heavy atom. The highest BCUT2D eigenvalue weighted by molar-refractivity contribution is 7.19. The second kappa shape index (κ2) is 6.18. The maximum atomic E-state index is 6.48. The van der Waals surface area contributed by atoms with Crippen molar-refractivity contribution in [1.82, 2.24) is 5.32 Å². The summed E-state index contributed by atoms with van der Waals surface area (Å²) in [7, 11) is 0. The van der Waals surface area contributed by atoms with E-state index in [0.29, 0.717) is 6.04 Å². The molecular formula is C18H18ClNS. The Bertz CT molecular complexity index is 763. The maximum Gasteiger partial charge on any atom is 0.0636 e. The molecule has 0 unspecified atom stereocenters. The molecule has 0 aliphatic rings. The van der Waals surface area contributed by atoms with Gasteiger partial charge in [0.15, 0.2) is 0 Å². The normalized spacial score (nSPS) is 12.7. The van der Waals surface area contributed by atoms with Crippen LogP contribution >= 0.6 is 22.9 Å². The van der Waals surface area contributed by atoms with Crippen LogP contribution in [-0.2, 0) is 6.54 Å². The Hall–Kier alpha value is -1.35. The fraction of sp³-hybridized carbons (Fsp3) is 0.222. The third-order valence-electron chi connectivity index (χ3n) is 3.71. The van der Waals surface area contributed by atoms with Crippen molar-refractivity contribution in [3.05, 3.63) is 69.6 Å². The molecule has 0 spiro atoms. The summed E-state index contributed by atoms with van der Waals surface area (Å²) < 4.78 is 1.25. The van der Waals surface area contributed by atoms with E-state index in [4.69, 9.17) is 11.6 Å². The predicted octanol–water partition coefficient (Wildman–Crippen LogP) is 5.71. The molecule has 0 aliphatic carbocycles. The van der Waals surface area contributed by atoms with Crippen molar-refractivity contribution in [3.8, 4) is 0 Å². The highest BCUT2D eigenvalue weighted by atomic mass is 35.5. The summed E-state index contributed by atoms with van der Waals surface area (Å²) in [5.74, 6) is 0. The lowest BCUT2D eigenvalue weighted by atomic mass is 10.1. The molecule has 1 nitrogen and oxygen atoms in total. The molecule has 2 aromatic carbocycles. The van der Waals surface area contributed by atoms with Gasteiger partial charge < -0.3 is 5.32 Å². The number of nitrogens with one attached hydrogen (secondary N) is 1. The van der Waals surface area contributed by atoms with Crippen molar-refractivity contribution in [1.29, 1.82) is 0 Å². The van der Waals surface area contributed by atoms with Gasteiger partial charge in [-0.05, 0) is 25.5 Å². The van der Waals surface area contributed by atoms with E-state index in [2.05, 4.69) is 61.6 Å². The number of benzene rings is 2. The summed E-state index contributed by atoms with van der Waals surface area (Å²) in [4.78, 5) is 1.21. The number of thiophene rings is 1. The highest BCUT2D eigenvalue weighted by Gasteiger charge is 2.11. The van der Waals surface area contributed by atoms with Crippen molar-refractivity contribution in [3.63, 3.8) is 0 Å². The molecule has 108 valence electrons. The quantitative estimate of drug-likeness (QED) is 0.650. The zero-order valence-electron chi connectivity index (χ0n) is 12.2. The molecule has 21 heavy (non-hydrogen) atoms. The van der Waals surface area contributed by atoms with Crippen molar-refractivity contribution in [2.24, 2.45) is 0 Å². The molecule has 1 aromatic heterocycles. The van der Waals surface area contributed by atoms with Crippen LogP contribution in [0.15, 0.2) is 48.5 Å². The minimum absolute atomic E-state index is 0.311. The van der Waals surface area contributed by atoms with Gasteiger partial charge in [0.2, 0.25) is 0 Å². The van der Waals surface area contributed by atoms with Crippen molar-refractivity contribution in [2.45, 2.75) is 26.4 Å². The van der Waals surface area contributed by atoms with Crippen LogP contribution in [0.25, 0.3) is 10.1 Å².